The van der Waals surface area contributed by atoms with E-state index in [2.05, 4.69) is 12.2 Å². The van der Waals surface area contributed by atoms with Crippen LogP contribution in [0, 0.1) is 5.41 Å². The van der Waals surface area contributed by atoms with Crippen molar-refractivity contribution in [2.24, 2.45) is 5.41 Å². The SMILES string of the molecule is CC1(C(=O)NCCCCCCl)CCCCC1. The normalized spacial score (nSPS) is 19.4. The summed E-state index contributed by atoms with van der Waals surface area (Å²) in [5.74, 6) is 0.990. The summed E-state index contributed by atoms with van der Waals surface area (Å²) in [6, 6.07) is 0. The van der Waals surface area contributed by atoms with E-state index in [1.807, 2.05) is 0 Å². The molecule has 0 aliphatic heterocycles. The first-order chi connectivity index (χ1) is 7.69. The van der Waals surface area contributed by atoms with Gasteiger partial charge in [-0.15, -0.1) is 11.6 Å². The van der Waals surface area contributed by atoms with Crippen molar-refractivity contribution in [2.75, 3.05) is 12.4 Å². The second-order valence-corrected chi connectivity index (χ2v) is 5.50. The van der Waals surface area contributed by atoms with Crippen LogP contribution in [0.3, 0.4) is 0 Å². The molecule has 0 radical (unpaired) electrons. The monoisotopic (exact) mass is 245 g/mol. The van der Waals surface area contributed by atoms with Gasteiger partial charge in [0.2, 0.25) is 5.91 Å². The molecule has 1 amide bonds. The zero-order chi connectivity index (χ0) is 11.9. The van der Waals surface area contributed by atoms with Crippen LogP contribution < -0.4 is 5.32 Å². The highest BCUT2D eigenvalue weighted by Crippen LogP contribution is 2.35. The molecule has 0 aromatic rings. The Morgan fingerprint density at radius 3 is 2.50 bits per heavy atom. The Labute approximate surface area is 104 Å². The van der Waals surface area contributed by atoms with Crippen molar-refractivity contribution < 1.29 is 4.79 Å². The molecule has 1 N–H and O–H groups in total. The fourth-order valence-electron chi connectivity index (χ4n) is 2.37. The van der Waals surface area contributed by atoms with Gasteiger partial charge in [0.15, 0.2) is 0 Å². The van der Waals surface area contributed by atoms with Crippen molar-refractivity contribution in [1.82, 2.24) is 5.32 Å². The molecular weight excluding hydrogens is 222 g/mol. The van der Waals surface area contributed by atoms with Crippen LogP contribution in [0.4, 0.5) is 0 Å². The summed E-state index contributed by atoms with van der Waals surface area (Å²) in [6.45, 7) is 2.92. The third-order valence-electron chi connectivity index (χ3n) is 3.60. The minimum atomic E-state index is -0.0925. The summed E-state index contributed by atoms with van der Waals surface area (Å²) in [5, 5.41) is 3.07. The molecule has 0 atom stereocenters. The van der Waals surface area contributed by atoms with E-state index in [4.69, 9.17) is 11.6 Å². The van der Waals surface area contributed by atoms with Gasteiger partial charge in [-0.1, -0.05) is 32.6 Å². The third-order valence-corrected chi connectivity index (χ3v) is 3.87. The lowest BCUT2D eigenvalue weighted by Crippen LogP contribution is -2.40. The summed E-state index contributed by atoms with van der Waals surface area (Å²) in [7, 11) is 0. The summed E-state index contributed by atoms with van der Waals surface area (Å²) < 4.78 is 0. The average molecular weight is 246 g/mol. The number of alkyl halides is 1. The Morgan fingerprint density at radius 1 is 1.19 bits per heavy atom. The maximum atomic E-state index is 12.0. The van der Waals surface area contributed by atoms with Crippen molar-refractivity contribution in [3.8, 4) is 0 Å². The first-order valence-corrected chi connectivity index (χ1v) is 7.07. The molecule has 0 spiro atoms. The number of carbonyl (C=O) groups is 1. The number of hydrogen-bond donors (Lipinski definition) is 1. The van der Waals surface area contributed by atoms with E-state index in [0.29, 0.717) is 0 Å². The molecule has 1 saturated carbocycles. The summed E-state index contributed by atoms with van der Waals surface area (Å²) in [6.07, 6.45) is 9.02. The van der Waals surface area contributed by atoms with Crippen molar-refractivity contribution in [2.45, 2.75) is 58.3 Å². The topological polar surface area (TPSA) is 29.1 Å². The lowest BCUT2D eigenvalue weighted by molar-refractivity contribution is -0.131. The van der Waals surface area contributed by atoms with Gasteiger partial charge in [-0.25, -0.2) is 0 Å². The smallest absolute Gasteiger partial charge is 0.225 e. The largest absolute Gasteiger partial charge is 0.356 e. The Morgan fingerprint density at radius 2 is 1.88 bits per heavy atom. The lowest BCUT2D eigenvalue weighted by atomic mass is 9.75. The molecule has 0 bridgehead atoms. The molecule has 16 heavy (non-hydrogen) atoms. The van der Waals surface area contributed by atoms with E-state index in [0.717, 1.165) is 44.5 Å². The lowest BCUT2D eigenvalue weighted by Gasteiger charge is -2.32. The number of amides is 1. The highest BCUT2D eigenvalue weighted by Gasteiger charge is 2.33. The van der Waals surface area contributed by atoms with Crippen molar-refractivity contribution in [3.63, 3.8) is 0 Å². The van der Waals surface area contributed by atoms with Crippen LogP contribution in [0.2, 0.25) is 0 Å². The fraction of sp³-hybridized carbons (Fsp3) is 0.923. The molecular formula is C13H24ClNO. The van der Waals surface area contributed by atoms with Gasteiger partial charge in [0.25, 0.3) is 0 Å². The molecule has 0 heterocycles. The highest BCUT2D eigenvalue weighted by atomic mass is 35.5. The van der Waals surface area contributed by atoms with Gasteiger partial charge < -0.3 is 5.32 Å². The highest BCUT2D eigenvalue weighted by molar-refractivity contribution is 6.17. The van der Waals surface area contributed by atoms with Gasteiger partial charge in [-0.05, 0) is 25.7 Å². The number of halogens is 1. The second-order valence-electron chi connectivity index (χ2n) is 5.13. The van der Waals surface area contributed by atoms with Gasteiger partial charge in [0.05, 0.1) is 0 Å². The molecule has 0 aromatic carbocycles. The minimum absolute atomic E-state index is 0.0925. The Kier molecular flexibility index (Phi) is 6.18. The van der Waals surface area contributed by atoms with Crippen LogP contribution in [0.5, 0.6) is 0 Å². The number of carbonyl (C=O) groups excluding carboxylic acids is 1. The van der Waals surface area contributed by atoms with Gasteiger partial charge in [0.1, 0.15) is 0 Å². The quantitative estimate of drug-likeness (QED) is 0.563. The number of nitrogens with one attached hydrogen (secondary N) is 1. The molecule has 0 saturated heterocycles. The van der Waals surface area contributed by atoms with Crippen LogP contribution in [0.1, 0.15) is 58.3 Å². The van der Waals surface area contributed by atoms with E-state index in [1.54, 1.807) is 0 Å². The zero-order valence-corrected chi connectivity index (χ0v) is 11.1. The van der Waals surface area contributed by atoms with Crippen LogP contribution in [-0.4, -0.2) is 18.3 Å². The van der Waals surface area contributed by atoms with Crippen molar-refractivity contribution >= 4 is 17.5 Å². The van der Waals surface area contributed by atoms with Crippen LogP contribution in [-0.2, 0) is 4.79 Å². The van der Waals surface area contributed by atoms with E-state index >= 15 is 0 Å². The first-order valence-electron chi connectivity index (χ1n) is 6.53. The maximum absolute atomic E-state index is 12.0. The number of unbranched alkanes of at least 4 members (excludes halogenated alkanes) is 2. The van der Waals surface area contributed by atoms with E-state index in [9.17, 15) is 4.79 Å². The van der Waals surface area contributed by atoms with Crippen molar-refractivity contribution in [1.29, 1.82) is 0 Å². The predicted octanol–water partition coefficient (Wildman–Crippen LogP) is 3.48. The average Bonchev–Trinajstić information content (AvgIpc) is 2.29. The molecule has 0 unspecified atom stereocenters. The second kappa shape index (κ2) is 7.16. The molecule has 1 fully saturated rings. The minimum Gasteiger partial charge on any atom is -0.356 e. The molecule has 1 aliphatic rings. The van der Waals surface area contributed by atoms with Crippen LogP contribution in [0.25, 0.3) is 0 Å². The number of hydrogen-bond acceptors (Lipinski definition) is 1. The molecule has 94 valence electrons. The number of rotatable bonds is 6. The van der Waals surface area contributed by atoms with Gasteiger partial charge in [0, 0.05) is 17.8 Å². The molecule has 3 heteroatoms. The molecule has 0 aromatic heterocycles. The Bertz CT molecular complexity index is 212. The predicted molar refractivity (Wildman–Crippen MR) is 68.8 cm³/mol. The van der Waals surface area contributed by atoms with Crippen molar-refractivity contribution in [3.05, 3.63) is 0 Å². The van der Waals surface area contributed by atoms with Crippen LogP contribution >= 0.6 is 11.6 Å². The fourth-order valence-corrected chi connectivity index (χ4v) is 2.56. The summed E-state index contributed by atoms with van der Waals surface area (Å²) in [4.78, 5) is 12.0. The molecule has 1 aliphatic carbocycles. The van der Waals surface area contributed by atoms with Gasteiger partial charge >= 0.3 is 0 Å². The standard InChI is InChI=1S/C13H24ClNO/c1-13(8-4-2-5-9-13)12(16)15-11-7-3-6-10-14/h2-11H2,1H3,(H,15,16). The summed E-state index contributed by atoms with van der Waals surface area (Å²) in [5.41, 5.74) is -0.0925. The zero-order valence-electron chi connectivity index (χ0n) is 10.4. The van der Waals surface area contributed by atoms with Gasteiger partial charge in [-0.2, -0.15) is 0 Å². The Balaban J connectivity index is 2.18. The third kappa shape index (κ3) is 4.32. The van der Waals surface area contributed by atoms with E-state index < -0.39 is 0 Å². The molecule has 2 nitrogen and oxygen atoms in total. The summed E-state index contributed by atoms with van der Waals surface area (Å²) >= 11 is 5.60. The Hall–Kier alpha value is -0.240. The van der Waals surface area contributed by atoms with Gasteiger partial charge in [-0.3, -0.25) is 4.79 Å². The molecule has 1 rings (SSSR count). The van der Waals surface area contributed by atoms with E-state index in [-0.39, 0.29) is 11.3 Å². The van der Waals surface area contributed by atoms with E-state index in [1.165, 1.54) is 19.3 Å². The first kappa shape index (κ1) is 13.8. The van der Waals surface area contributed by atoms with Crippen LogP contribution in [0.15, 0.2) is 0 Å². The maximum Gasteiger partial charge on any atom is 0.225 e.